The lowest BCUT2D eigenvalue weighted by Crippen LogP contribution is -1.97. The van der Waals surface area contributed by atoms with Crippen LogP contribution in [0.2, 0.25) is 0 Å². The standard InChI is InChI=1S/C12H16OS2/c1-3-11-7-12(4-1)9-15-10-13-5-2-6-14-8-11/h1,3-4,7H,2,5-6,8-10H2. The van der Waals surface area contributed by atoms with Crippen LogP contribution in [0.4, 0.5) is 0 Å². The van der Waals surface area contributed by atoms with Gasteiger partial charge in [-0.3, -0.25) is 0 Å². The van der Waals surface area contributed by atoms with E-state index in [1.54, 1.807) is 0 Å². The predicted octanol–water partition coefficient (Wildman–Crippen LogP) is 3.53. The van der Waals surface area contributed by atoms with E-state index in [4.69, 9.17) is 4.74 Å². The van der Waals surface area contributed by atoms with Gasteiger partial charge in [0.15, 0.2) is 0 Å². The van der Waals surface area contributed by atoms with Crippen LogP contribution in [0.15, 0.2) is 24.3 Å². The first-order valence-corrected chi connectivity index (χ1v) is 7.57. The van der Waals surface area contributed by atoms with E-state index < -0.39 is 0 Å². The summed E-state index contributed by atoms with van der Waals surface area (Å²) in [7, 11) is 0. The number of ether oxygens (including phenoxy) is 1. The van der Waals surface area contributed by atoms with E-state index >= 15 is 0 Å². The number of rotatable bonds is 0. The van der Waals surface area contributed by atoms with Gasteiger partial charge in [0, 0.05) is 18.1 Å². The van der Waals surface area contributed by atoms with Crippen LogP contribution in [-0.4, -0.2) is 18.3 Å². The van der Waals surface area contributed by atoms with Crippen molar-refractivity contribution in [3.63, 3.8) is 0 Å². The van der Waals surface area contributed by atoms with Gasteiger partial charge in [0.1, 0.15) is 0 Å². The molecule has 1 aromatic carbocycles. The Kier molecular flexibility index (Phi) is 4.90. The lowest BCUT2D eigenvalue weighted by molar-refractivity contribution is 0.184. The minimum atomic E-state index is 0.828. The normalized spacial score (nSPS) is 18.9. The Morgan fingerprint density at radius 3 is 2.73 bits per heavy atom. The van der Waals surface area contributed by atoms with Crippen molar-refractivity contribution in [1.82, 2.24) is 0 Å². The third-order valence-electron chi connectivity index (χ3n) is 2.27. The van der Waals surface area contributed by atoms with Crippen LogP contribution in [0, 0.1) is 0 Å². The van der Waals surface area contributed by atoms with Crippen molar-refractivity contribution in [2.45, 2.75) is 17.9 Å². The second-order valence-electron chi connectivity index (χ2n) is 3.60. The summed E-state index contributed by atoms with van der Waals surface area (Å²) in [5.74, 6) is 4.24. The summed E-state index contributed by atoms with van der Waals surface area (Å²) in [4.78, 5) is 0. The SMILES string of the molecule is c1cc2cc(c1)CSCOCCCSC2. The van der Waals surface area contributed by atoms with Gasteiger partial charge in [0.25, 0.3) is 0 Å². The molecule has 3 heteroatoms. The highest BCUT2D eigenvalue weighted by Gasteiger charge is 2.00. The Morgan fingerprint density at radius 2 is 1.87 bits per heavy atom. The largest absolute Gasteiger partial charge is 0.371 e. The molecule has 1 aliphatic heterocycles. The monoisotopic (exact) mass is 240 g/mol. The third-order valence-corrected chi connectivity index (χ3v) is 4.26. The number of fused-ring (bicyclic) bond motifs is 2. The van der Waals surface area contributed by atoms with Crippen LogP contribution < -0.4 is 0 Å². The zero-order valence-corrected chi connectivity index (χ0v) is 10.4. The fourth-order valence-corrected chi connectivity index (χ4v) is 3.16. The molecule has 0 saturated heterocycles. The Balaban J connectivity index is 2.00. The Hall–Kier alpha value is -0.120. The van der Waals surface area contributed by atoms with Crippen molar-refractivity contribution < 1.29 is 4.74 Å². The van der Waals surface area contributed by atoms with E-state index in [-0.39, 0.29) is 0 Å². The Labute approximate surface area is 100.0 Å². The van der Waals surface area contributed by atoms with Crippen molar-refractivity contribution >= 4 is 23.5 Å². The van der Waals surface area contributed by atoms with E-state index in [0.29, 0.717) is 0 Å². The molecule has 2 rings (SSSR count). The highest BCUT2D eigenvalue weighted by atomic mass is 32.2. The maximum absolute atomic E-state index is 5.53. The predicted molar refractivity (Wildman–Crippen MR) is 69.3 cm³/mol. The van der Waals surface area contributed by atoms with Crippen LogP contribution in [-0.2, 0) is 16.2 Å². The smallest absolute Gasteiger partial charge is 0.0924 e. The summed E-state index contributed by atoms with van der Waals surface area (Å²) in [5, 5.41) is 0. The van der Waals surface area contributed by atoms with Gasteiger partial charge in [-0.15, -0.1) is 11.8 Å². The van der Waals surface area contributed by atoms with Crippen LogP contribution in [0.5, 0.6) is 0 Å². The molecular formula is C12H16OS2. The maximum Gasteiger partial charge on any atom is 0.0924 e. The number of hydrogen-bond acceptors (Lipinski definition) is 3. The third kappa shape index (κ3) is 4.09. The van der Waals surface area contributed by atoms with Crippen molar-refractivity contribution in [2.75, 3.05) is 18.3 Å². The number of hydrogen-bond donors (Lipinski definition) is 0. The second-order valence-corrected chi connectivity index (χ2v) is 5.64. The molecule has 15 heavy (non-hydrogen) atoms. The summed E-state index contributed by atoms with van der Waals surface area (Å²) < 4.78 is 5.53. The van der Waals surface area contributed by atoms with Crippen LogP contribution >= 0.6 is 23.5 Å². The number of thioether (sulfide) groups is 2. The molecule has 0 amide bonds. The summed E-state index contributed by atoms with van der Waals surface area (Å²) in [6, 6.07) is 8.91. The molecule has 0 atom stereocenters. The van der Waals surface area contributed by atoms with Crippen molar-refractivity contribution in [2.24, 2.45) is 0 Å². The van der Waals surface area contributed by atoms with Gasteiger partial charge in [-0.25, -0.2) is 0 Å². The Bertz CT molecular complexity index is 276. The molecular weight excluding hydrogens is 224 g/mol. The van der Waals surface area contributed by atoms with Crippen molar-refractivity contribution in [3.8, 4) is 0 Å². The summed E-state index contributed by atoms with van der Waals surface area (Å²) in [6.45, 7) is 0.911. The molecule has 0 aliphatic carbocycles. The average Bonchev–Trinajstić information content (AvgIpc) is 2.26. The molecule has 0 unspecified atom stereocenters. The highest BCUT2D eigenvalue weighted by Crippen LogP contribution is 2.19. The molecule has 0 radical (unpaired) electrons. The first-order valence-electron chi connectivity index (χ1n) is 5.26. The second kappa shape index (κ2) is 6.46. The minimum absolute atomic E-state index is 0.828. The quantitative estimate of drug-likeness (QED) is 0.686. The molecule has 0 aromatic heterocycles. The van der Waals surface area contributed by atoms with E-state index in [1.807, 2.05) is 23.5 Å². The number of benzene rings is 1. The van der Waals surface area contributed by atoms with E-state index in [0.717, 1.165) is 24.1 Å². The fourth-order valence-electron chi connectivity index (χ4n) is 1.54. The Morgan fingerprint density at radius 1 is 1.07 bits per heavy atom. The van der Waals surface area contributed by atoms with Gasteiger partial charge in [-0.05, 0) is 23.3 Å². The van der Waals surface area contributed by atoms with Gasteiger partial charge in [-0.1, -0.05) is 24.3 Å². The zero-order valence-electron chi connectivity index (χ0n) is 8.78. The minimum Gasteiger partial charge on any atom is -0.371 e. The van der Waals surface area contributed by atoms with Gasteiger partial charge in [0.2, 0.25) is 0 Å². The van der Waals surface area contributed by atoms with Crippen LogP contribution in [0.3, 0.4) is 0 Å². The summed E-state index contributed by atoms with van der Waals surface area (Å²) in [5.41, 5.74) is 2.88. The molecule has 1 aliphatic rings. The first-order chi connectivity index (χ1) is 7.45. The van der Waals surface area contributed by atoms with Gasteiger partial charge in [0.05, 0.1) is 5.94 Å². The average molecular weight is 240 g/mol. The lowest BCUT2D eigenvalue weighted by Gasteiger charge is -2.08. The topological polar surface area (TPSA) is 9.23 Å². The van der Waals surface area contributed by atoms with Gasteiger partial charge >= 0.3 is 0 Å². The molecule has 1 nitrogen and oxygen atoms in total. The van der Waals surface area contributed by atoms with Crippen molar-refractivity contribution in [3.05, 3.63) is 35.4 Å². The molecule has 82 valence electrons. The summed E-state index contributed by atoms with van der Waals surface area (Å²) in [6.07, 6.45) is 1.17. The fraction of sp³-hybridized carbons (Fsp3) is 0.500. The van der Waals surface area contributed by atoms with Gasteiger partial charge in [-0.2, -0.15) is 11.8 Å². The van der Waals surface area contributed by atoms with E-state index in [9.17, 15) is 0 Å². The van der Waals surface area contributed by atoms with Crippen molar-refractivity contribution in [1.29, 1.82) is 0 Å². The molecule has 0 N–H and O–H groups in total. The lowest BCUT2D eigenvalue weighted by atomic mass is 10.2. The molecule has 0 saturated carbocycles. The summed E-state index contributed by atoms with van der Waals surface area (Å²) >= 11 is 3.86. The van der Waals surface area contributed by atoms with Crippen LogP contribution in [0.1, 0.15) is 17.5 Å². The maximum atomic E-state index is 5.53. The molecule has 2 bridgehead atoms. The molecule has 0 spiro atoms. The van der Waals surface area contributed by atoms with Crippen LogP contribution in [0.25, 0.3) is 0 Å². The molecule has 0 fully saturated rings. The first kappa shape index (κ1) is 11.4. The van der Waals surface area contributed by atoms with E-state index in [2.05, 4.69) is 24.3 Å². The van der Waals surface area contributed by atoms with E-state index in [1.165, 1.54) is 23.3 Å². The highest BCUT2D eigenvalue weighted by molar-refractivity contribution is 7.98. The zero-order chi connectivity index (χ0) is 10.3. The molecule has 1 aromatic rings. The van der Waals surface area contributed by atoms with Gasteiger partial charge < -0.3 is 4.74 Å². The molecule has 1 heterocycles.